The van der Waals surface area contributed by atoms with Crippen molar-refractivity contribution in [3.8, 4) is 5.75 Å². The predicted molar refractivity (Wildman–Crippen MR) is 101 cm³/mol. The average Bonchev–Trinajstić information content (AvgIpc) is 3.20. The molecule has 1 heterocycles. The number of benzene rings is 1. The van der Waals surface area contributed by atoms with Gasteiger partial charge >= 0.3 is 19.2 Å². The summed E-state index contributed by atoms with van der Waals surface area (Å²) in [5.41, 5.74) is 0.738. The van der Waals surface area contributed by atoms with E-state index >= 15 is 0 Å². The van der Waals surface area contributed by atoms with Crippen molar-refractivity contribution in [3.05, 3.63) is 29.3 Å². The standard InChI is InChI=1S/C19H24BNO8/c1-2-16(22)21-15-10-12-6-5-9-14(17(12)29-20(15)25)18(23)26-11-27-19(24)28-13-7-3-4-8-13/h5-6,9,13,15,25H,2-4,7-8,10-11H2,1H3,(H,21,22)/t15-/m0/s1. The van der Waals surface area contributed by atoms with Gasteiger partial charge in [-0.3, -0.25) is 4.79 Å². The van der Waals surface area contributed by atoms with Gasteiger partial charge in [0.15, 0.2) is 0 Å². The second-order valence-corrected chi connectivity index (χ2v) is 7.00. The zero-order chi connectivity index (χ0) is 20.8. The summed E-state index contributed by atoms with van der Waals surface area (Å²) in [4.78, 5) is 35.6. The van der Waals surface area contributed by atoms with Gasteiger partial charge in [-0.05, 0) is 43.7 Å². The lowest BCUT2D eigenvalue weighted by atomic mass is 9.72. The molecule has 1 aromatic rings. The molecule has 1 amide bonds. The first-order valence-electron chi connectivity index (χ1n) is 9.74. The first kappa shape index (κ1) is 21.0. The first-order chi connectivity index (χ1) is 14.0. The number of carbonyl (C=O) groups is 3. The van der Waals surface area contributed by atoms with Gasteiger partial charge in [-0.2, -0.15) is 0 Å². The SMILES string of the molecule is CCC(=O)N[C@H]1Cc2cccc(C(=O)OCOC(=O)OC3CCCC3)c2OB1O. The van der Waals surface area contributed by atoms with Crippen LogP contribution in [0.15, 0.2) is 18.2 Å². The number of carbonyl (C=O) groups excluding carboxylic acids is 3. The molecule has 0 saturated heterocycles. The van der Waals surface area contributed by atoms with Crippen LogP contribution in [0, 0.1) is 0 Å². The van der Waals surface area contributed by atoms with Crippen LogP contribution in [0.5, 0.6) is 5.75 Å². The predicted octanol–water partition coefficient (Wildman–Crippen LogP) is 1.75. The van der Waals surface area contributed by atoms with Crippen molar-refractivity contribution in [2.24, 2.45) is 0 Å². The van der Waals surface area contributed by atoms with E-state index in [-0.39, 0.29) is 29.7 Å². The molecule has 29 heavy (non-hydrogen) atoms. The minimum Gasteiger partial charge on any atom is -0.534 e. The fourth-order valence-corrected chi connectivity index (χ4v) is 3.40. The van der Waals surface area contributed by atoms with Gasteiger partial charge in [-0.15, -0.1) is 0 Å². The van der Waals surface area contributed by atoms with Crippen molar-refractivity contribution in [2.45, 2.75) is 57.5 Å². The summed E-state index contributed by atoms with van der Waals surface area (Å²) in [5, 5.41) is 12.9. The monoisotopic (exact) mass is 405 g/mol. The highest BCUT2D eigenvalue weighted by Gasteiger charge is 2.37. The molecule has 1 saturated carbocycles. The van der Waals surface area contributed by atoms with E-state index in [1.165, 1.54) is 6.07 Å². The summed E-state index contributed by atoms with van der Waals surface area (Å²) in [6.07, 6.45) is 3.21. The Morgan fingerprint density at radius 3 is 2.72 bits per heavy atom. The molecule has 156 valence electrons. The summed E-state index contributed by atoms with van der Waals surface area (Å²) in [6.45, 7) is 1.12. The molecule has 1 atom stereocenters. The molecule has 9 nitrogen and oxygen atoms in total. The number of hydrogen-bond donors (Lipinski definition) is 2. The fraction of sp³-hybridized carbons (Fsp3) is 0.526. The van der Waals surface area contributed by atoms with Crippen LogP contribution in [-0.4, -0.2) is 49.0 Å². The van der Waals surface area contributed by atoms with Crippen LogP contribution in [0.25, 0.3) is 0 Å². The zero-order valence-electron chi connectivity index (χ0n) is 16.2. The second kappa shape index (κ2) is 9.64. The highest BCUT2D eigenvalue weighted by molar-refractivity contribution is 6.47. The molecule has 1 aliphatic carbocycles. The lowest BCUT2D eigenvalue weighted by Crippen LogP contribution is -2.53. The zero-order valence-corrected chi connectivity index (χ0v) is 16.2. The quantitative estimate of drug-likeness (QED) is 0.417. The number of esters is 1. The fourth-order valence-electron chi connectivity index (χ4n) is 3.40. The van der Waals surface area contributed by atoms with E-state index in [2.05, 4.69) is 5.32 Å². The molecule has 1 fully saturated rings. The summed E-state index contributed by atoms with van der Waals surface area (Å²) < 4.78 is 20.3. The Kier molecular flexibility index (Phi) is 6.97. The number of rotatable bonds is 6. The first-order valence-corrected chi connectivity index (χ1v) is 9.74. The molecule has 3 rings (SSSR count). The van der Waals surface area contributed by atoms with E-state index in [1.807, 2.05) is 0 Å². The van der Waals surface area contributed by atoms with E-state index in [0.29, 0.717) is 12.0 Å². The Balaban J connectivity index is 1.56. The molecule has 10 heteroatoms. The molecular formula is C19H24BNO8. The normalized spacial score (nSPS) is 18.4. The molecule has 1 aliphatic heterocycles. The van der Waals surface area contributed by atoms with Gasteiger partial charge < -0.3 is 29.2 Å². The molecule has 2 aliphatic rings. The number of para-hydroxylation sites is 1. The lowest BCUT2D eigenvalue weighted by molar-refractivity contribution is -0.121. The second-order valence-electron chi connectivity index (χ2n) is 7.00. The van der Waals surface area contributed by atoms with Gasteiger partial charge in [0, 0.05) is 6.42 Å². The molecule has 2 N–H and O–H groups in total. The van der Waals surface area contributed by atoms with Crippen LogP contribution in [-0.2, 0) is 25.4 Å². The van der Waals surface area contributed by atoms with E-state index in [9.17, 15) is 19.4 Å². The third kappa shape index (κ3) is 5.41. The minimum atomic E-state index is -1.30. The van der Waals surface area contributed by atoms with Gasteiger partial charge in [-0.25, -0.2) is 9.59 Å². The van der Waals surface area contributed by atoms with E-state index in [1.54, 1.807) is 19.1 Å². The number of amides is 1. The Labute approximate surface area is 168 Å². The van der Waals surface area contributed by atoms with Crippen LogP contribution in [0.2, 0.25) is 0 Å². The Hall–Kier alpha value is -2.75. The van der Waals surface area contributed by atoms with Crippen LogP contribution in [0.3, 0.4) is 0 Å². The van der Waals surface area contributed by atoms with Gasteiger partial charge in [0.05, 0.1) is 5.94 Å². The van der Waals surface area contributed by atoms with Crippen molar-refractivity contribution in [3.63, 3.8) is 0 Å². The maximum atomic E-state index is 12.4. The van der Waals surface area contributed by atoms with Gasteiger partial charge in [0.25, 0.3) is 0 Å². The number of hydrogen-bond acceptors (Lipinski definition) is 8. The van der Waals surface area contributed by atoms with Gasteiger partial charge in [0.1, 0.15) is 17.4 Å². The highest BCUT2D eigenvalue weighted by atomic mass is 16.8. The number of fused-ring (bicyclic) bond motifs is 1. The van der Waals surface area contributed by atoms with Gasteiger partial charge in [-0.1, -0.05) is 19.1 Å². The molecule has 1 aromatic carbocycles. The van der Waals surface area contributed by atoms with Crippen molar-refractivity contribution < 1.29 is 38.3 Å². The van der Waals surface area contributed by atoms with Crippen LogP contribution < -0.4 is 9.97 Å². The molecule has 0 bridgehead atoms. The summed E-state index contributed by atoms with van der Waals surface area (Å²) in [6, 6.07) is 4.86. The van der Waals surface area contributed by atoms with E-state index in [0.717, 1.165) is 25.7 Å². The third-order valence-electron chi connectivity index (χ3n) is 4.94. The molecule has 0 unspecified atom stereocenters. The van der Waals surface area contributed by atoms with E-state index < -0.39 is 32.0 Å². The Bertz CT molecular complexity index is 765. The average molecular weight is 405 g/mol. The Morgan fingerprint density at radius 2 is 2.00 bits per heavy atom. The van der Waals surface area contributed by atoms with Crippen molar-refractivity contribution >= 4 is 25.2 Å². The Morgan fingerprint density at radius 1 is 1.24 bits per heavy atom. The summed E-state index contributed by atoms with van der Waals surface area (Å²) in [7, 11) is -1.30. The van der Waals surface area contributed by atoms with Crippen LogP contribution in [0.1, 0.15) is 54.9 Å². The largest absolute Gasteiger partial charge is 0.547 e. The third-order valence-corrected chi connectivity index (χ3v) is 4.94. The number of ether oxygens (including phenoxy) is 3. The highest BCUT2D eigenvalue weighted by Crippen LogP contribution is 2.30. The minimum absolute atomic E-state index is 0.0922. The van der Waals surface area contributed by atoms with Crippen molar-refractivity contribution in [1.82, 2.24) is 5.32 Å². The topological polar surface area (TPSA) is 120 Å². The van der Waals surface area contributed by atoms with Crippen molar-refractivity contribution in [1.29, 1.82) is 0 Å². The summed E-state index contributed by atoms with van der Waals surface area (Å²) in [5.74, 6) is -1.41. The maximum Gasteiger partial charge on any atom is 0.547 e. The molecule has 0 aromatic heterocycles. The molecular weight excluding hydrogens is 381 g/mol. The molecule has 0 spiro atoms. The lowest BCUT2D eigenvalue weighted by Gasteiger charge is -2.29. The number of nitrogens with one attached hydrogen (secondary N) is 1. The maximum absolute atomic E-state index is 12.4. The van der Waals surface area contributed by atoms with E-state index in [4.69, 9.17) is 18.9 Å². The molecule has 0 radical (unpaired) electrons. The van der Waals surface area contributed by atoms with Crippen LogP contribution in [0.4, 0.5) is 4.79 Å². The summed E-state index contributed by atoms with van der Waals surface area (Å²) >= 11 is 0. The van der Waals surface area contributed by atoms with Crippen molar-refractivity contribution in [2.75, 3.05) is 6.79 Å². The van der Waals surface area contributed by atoms with Crippen LogP contribution >= 0.6 is 0 Å². The smallest absolute Gasteiger partial charge is 0.534 e. The van der Waals surface area contributed by atoms with Gasteiger partial charge in [0.2, 0.25) is 12.7 Å².